The average Bonchev–Trinajstić information content (AvgIpc) is 2.78. The molecule has 1 aliphatic rings. The van der Waals surface area contributed by atoms with Crippen molar-refractivity contribution in [1.82, 2.24) is 4.98 Å². The summed E-state index contributed by atoms with van der Waals surface area (Å²) in [4.78, 5) is 6.80. The van der Waals surface area contributed by atoms with Crippen molar-refractivity contribution in [2.45, 2.75) is 32.8 Å². The summed E-state index contributed by atoms with van der Waals surface area (Å²) in [5, 5.41) is 0. The summed E-state index contributed by atoms with van der Waals surface area (Å²) in [7, 11) is 0. The number of pyridine rings is 1. The van der Waals surface area contributed by atoms with Crippen LogP contribution in [0.25, 0.3) is 0 Å². The average molecular weight is 249 g/mol. The molecule has 0 saturated carbocycles. The van der Waals surface area contributed by atoms with Crippen LogP contribution >= 0.6 is 0 Å². The summed E-state index contributed by atoms with van der Waals surface area (Å²) < 4.78 is 5.82. The molecule has 0 aromatic carbocycles. The molecule has 1 fully saturated rings. The van der Waals surface area contributed by atoms with E-state index < -0.39 is 0 Å². The van der Waals surface area contributed by atoms with E-state index in [4.69, 9.17) is 10.5 Å². The second-order valence-corrected chi connectivity index (χ2v) is 5.17. The number of anilines is 1. The molecule has 0 amide bonds. The topological polar surface area (TPSA) is 51.4 Å². The normalized spacial score (nSPS) is 19.6. The van der Waals surface area contributed by atoms with E-state index in [0.29, 0.717) is 5.92 Å². The predicted molar refractivity (Wildman–Crippen MR) is 74.0 cm³/mol. The fourth-order valence-corrected chi connectivity index (χ4v) is 2.46. The summed E-state index contributed by atoms with van der Waals surface area (Å²) in [5.74, 6) is 2.57. The van der Waals surface area contributed by atoms with Crippen LogP contribution in [0.15, 0.2) is 18.3 Å². The lowest BCUT2D eigenvalue weighted by Gasteiger charge is -2.21. The molecule has 1 aromatic rings. The number of aromatic nitrogens is 1. The van der Waals surface area contributed by atoms with Crippen LogP contribution < -0.4 is 15.4 Å². The molecular formula is C14H23N3O. The third kappa shape index (κ3) is 3.13. The first-order valence-corrected chi connectivity index (χ1v) is 6.77. The number of rotatable bonds is 5. The van der Waals surface area contributed by atoms with Gasteiger partial charge in [-0.2, -0.15) is 0 Å². The minimum absolute atomic E-state index is 0.176. The van der Waals surface area contributed by atoms with E-state index in [1.54, 1.807) is 0 Å². The van der Waals surface area contributed by atoms with Crippen LogP contribution in [-0.4, -0.2) is 30.7 Å². The van der Waals surface area contributed by atoms with Crippen LogP contribution in [-0.2, 0) is 0 Å². The van der Waals surface area contributed by atoms with E-state index >= 15 is 0 Å². The zero-order valence-corrected chi connectivity index (χ0v) is 11.3. The summed E-state index contributed by atoms with van der Waals surface area (Å²) in [5.41, 5.74) is 5.63. The van der Waals surface area contributed by atoms with Gasteiger partial charge in [0.15, 0.2) is 11.6 Å². The number of hydrogen-bond acceptors (Lipinski definition) is 4. The second-order valence-electron chi connectivity index (χ2n) is 5.17. The molecule has 0 radical (unpaired) electrons. The Balaban J connectivity index is 2.09. The maximum atomic E-state index is 5.82. The minimum Gasteiger partial charge on any atom is -0.487 e. The van der Waals surface area contributed by atoms with Gasteiger partial charge in [-0.3, -0.25) is 0 Å². The van der Waals surface area contributed by atoms with Gasteiger partial charge in [0, 0.05) is 19.3 Å². The molecular weight excluding hydrogens is 226 g/mol. The summed E-state index contributed by atoms with van der Waals surface area (Å²) in [6.07, 6.45) is 4.31. The second kappa shape index (κ2) is 6.05. The molecule has 2 heterocycles. The van der Waals surface area contributed by atoms with E-state index in [1.807, 2.05) is 32.2 Å². The predicted octanol–water partition coefficient (Wildman–Crippen LogP) is 2.04. The van der Waals surface area contributed by atoms with Gasteiger partial charge in [0.2, 0.25) is 0 Å². The van der Waals surface area contributed by atoms with Crippen molar-refractivity contribution in [3.63, 3.8) is 0 Å². The Hall–Kier alpha value is -1.29. The van der Waals surface area contributed by atoms with Crippen LogP contribution in [0.5, 0.6) is 5.75 Å². The first-order valence-electron chi connectivity index (χ1n) is 6.77. The molecule has 1 unspecified atom stereocenters. The van der Waals surface area contributed by atoms with E-state index in [-0.39, 0.29) is 6.10 Å². The quantitative estimate of drug-likeness (QED) is 0.867. The summed E-state index contributed by atoms with van der Waals surface area (Å²) in [6, 6.07) is 3.92. The molecule has 4 heteroatoms. The van der Waals surface area contributed by atoms with Crippen molar-refractivity contribution in [3.8, 4) is 5.75 Å². The Kier molecular flexibility index (Phi) is 4.42. The van der Waals surface area contributed by atoms with Gasteiger partial charge in [-0.25, -0.2) is 4.98 Å². The van der Waals surface area contributed by atoms with Crippen molar-refractivity contribution < 1.29 is 4.74 Å². The number of nitrogens with zero attached hydrogens (tertiary/aromatic N) is 2. The van der Waals surface area contributed by atoms with Crippen LogP contribution in [0.1, 0.15) is 26.7 Å². The Labute approximate surface area is 109 Å². The number of ether oxygens (including phenoxy) is 1. The fraction of sp³-hybridized carbons (Fsp3) is 0.643. The largest absolute Gasteiger partial charge is 0.487 e. The van der Waals surface area contributed by atoms with Gasteiger partial charge >= 0.3 is 0 Å². The van der Waals surface area contributed by atoms with Gasteiger partial charge in [0.05, 0.1) is 6.10 Å². The van der Waals surface area contributed by atoms with E-state index in [1.165, 1.54) is 6.42 Å². The molecule has 4 nitrogen and oxygen atoms in total. The van der Waals surface area contributed by atoms with Gasteiger partial charge in [-0.05, 0) is 51.3 Å². The Morgan fingerprint density at radius 3 is 3.11 bits per heavy atom. The van der Waals surface area contributed by atoms with Gasteiger partial charge in [0.25, 0.3) is 0 Å². The Morgan fingerprint density at radius 1 is 1.56 bits per heavy atom. The molecule has 1 aromatic heterocycles. The van der Waals surface area contributed by atoms with Gasteiger partial charge < -0.3 is 15.4 Å². The smallest absolute Gasteiger partial charge is 0.171 e. The SMILES string of the molecule is CC(C)Oc1cccnc1N1CCC(CCN)C1. The van der Waals surface area contributed by atoms with Crippen LogP contribution in [0.3, 0.4) is 0 Å². The highest BCUT2D eigenvalue weighted by Crippen LogP contribution is 2.31. The Morgan fingerprint density at radius 2 is 2.39 bits per heavy atom. The standard InChI is InChI=1S/C14H23N3O/c1-11(2)18-13-4-3-8-16-14(13)17-9-6-12(10-17)5-7-15/h3-4,8,11-12H,5-7,9-10,15H2,1-2H3. The maximum Gasteiger partial charge on any atom is 0.171 e. The van der Waals surface area contributed by atoms with Crippen molar-refractivity contribution in [2.24, 2.45) is 11.7 Å². The molecule has 1 atom stereocenters. The molecule has 0 bridgehead atoms. The third-order valence-electron chi connectivity index (χ3n) is 3.27. The lowest BCUT2D eigenvalue weighted by molar-refractivity contribution is 0.242. The number of nitrogens with two attached hydrogens (primary N) is 1. The van der Waals surface area contributed by atoms with Gasteiger partial charge in [-0.15, -0.1) is 0 Å². The molecule has 2 N–H and O–H groups in total. The highest BCUT2D eigenvalue weighted by atomic mass is 16.5. The van der Waals surface area contributed by atoms with Crippen LogP contribution in [0.2, 0.25) is 0 Å². The fourth-order valence-electron chi connectivity index (χ4n) is 2.46. The minimum atomic E-state index is 0.176. The lowest BCUT2D eigenvalue weighted by atomic mass is 10.1. The first-order chi connectivity index (χ1) is 8.70. The van der Waals surface area contributed by atoms with Crippen molar-refractivity contribution in [1.29, 1.82) is 0 Å². The molecule has 0 aliphatic carbocycles. The molecule has 0 spiro atoms. The van der Waals surface area contributed by atoms with E-state index in [2.05, 4.69) is 9.88 Å². The Bertz CT molecular complexity index is 381. The number of hydrogen-bond donors (Lipinski definition) is 1. The zero-order valence-electron chi connectivity index (χ0n) is 11.3. The first kappa shape index (κ1) is 13.1. The van der Waals surface area contributed by atoms with Gasteiger partial charge in [0.1, 0.15) is 0 Å². The van der Waals surface area contributed by atoms with Gasteiger partial charge in [-0.1, -0.05) is 0 Å². The summed E-state index contributed by atoms with van der Waals surface area (Å²) >= 11 is 0. The van der Waals surface area contributed by atoms with E-state index in [0.717, 1.165) is 37.6 Å². The van der Waals surface area contributed by atoms with Crippen molar-refractivity contribution in [2.75, 3.05) is 24.5 Å². The van der Waals surface area contributed by atoms with Crippen molar-refractivity contribution >= 4 is 5.82 Å². The molecule has 2 rings (SSSR count). The van der Waals surface area contributed by atoms with Crippen molar-refractivity contribution in [3.05, 3.63) is 18.3 Å². The zero-order chi connectivity index (χ0) is 13.0. The molecule has 18 heavy (non-hydrogen) atoms. The maximum absolute atomic E-state index is 5.82. The third-order valence-corrected chi connectivity index (χ3v) is 3.27. The highest BCUT2D eigenvalue weighted by molar-refractivity contribution is 5.52. The lowest BCUT2D eigenvalue weighted by Crippen LogP contribution is -2.23. The molecule has 100 valence electrons. The molecule has 1 aliphatic heterocycles. The molecule has 1 saturated heterocycles. The monoisotopic (exact) mass is 249 g/mol. The highest BCUT2D eigenvalue weighted by Gasteiger charge is 2.25. The summed E-state index contributed by atoms with van der Waals surface area (Å²) in [6.45, 7) is 6.95. The van der Waals surface area contributed by atoms with Crippen LogP contribution in [0.4, 0.5) is 5.82 Å². The van der Waals surface area contributed by atoms with Crippen LogP contribution in [0, 0.1) is 5.92 Å². The van der Waals surface area contributed by atoms with E-state index in [9.17, 15) is 0 Å².